The average Bonchev–Trinajstić information content (AvgIpc) is 2.97. The van der Waals surface area contributed by atoms with E-state index in [9.17, 15) is 9.90 Å². The Morgan fingerprint density at radius 2 is 1.88 bits per heavy atom. The van der Waals surface area contributed by atoms with Gasteiger partial charge in [0.25, 0.3) is 5.88 Å². The Kier molecular flexibility index (Phi) is 5.10. The highest BCUT2D eigenvalue weighted by Gasteiger charge is 2.23. The second kappa shape index (κ2) is 7.44. The highest BCUT2D eigenvalue weighted by molar-refractivity contribution is 5.76. The lowest BCUT2D eigenvalue weighted by Crippen LogP contribution is -2.48. The lowest BCUT2D eigenvalue weighted by molar-refractivity contribution is -0.133. The number of aromatic nitrogens is 3. The van der Waals surface area contributed by atoms with Crippen molar-refractivity contribution in [1.82, 2.24) is 24.8 Å². The first kappa shape index (κ1) is 16.4. The Balaban J connectivity index is 1.66. The largest absolute Gasteiger partial charge is 0.491 e. The molecule has 0 spiro atoms. The predicted molar refractivity (Wildman–Crippen MR) is 89.8 cm³/mol. The van der Waals surface area contributed by atoms with Crippen molar-refractivity contribution in [2.75, 3.05) is 26.2 Å². The number of benzene rings is 1. The number of carbonyl (C=O) groups excluding carboxylic acids is 1. The second-order valence-electron chi connectivity index (χ2n) is 6.01. The molecule has 3 rings (SSSR count). The molecule has 1 amide bonds. The van der Waals surface area contributed by atoms with Crippen LogP contribution in [0.5, 0.6) is 5.88 Å². The van der Waals surface area contributed by atoms with E-state index < -0.39 is 0 Å². The van der Waals surface area contributed by atoms with Gasteiger partial charge in [0.05, 0.1) is 5.69 Å². The molecule has 24 heavy (non-hydrogen) atoms. The Labute approximate surface area is 141 Å². The monoisotopic (exact) mass is 329 g/mol. The Hall–Kier alpha value is -2.41. The zero-order valence-electron chi connectivity index (χ0n) is 13.9. The number of hydrogen-bond acceptors (Lipinski definition) is 5. The molecule has 1 aliphatic rings. The van der Waals surface area contributed by atoms with E-state index in [2.05, 4.69) is 15.2 Å². The lowest BCUT2D eigenvalue weighted by atomic mass is 10.2. The highest BCUT2D eigenvalue weighted by atomic mass is 16.3. The molecule has 0 unspecified atom stereocenters. The summed E-state index contributed by atoms with van der Waals surface area (Å²) in [5, 5.41) is 17.9. The van der Waals surface area contributed by atoms with Crippen LogP contribution in [0, 0.1) is 0 Å². The van der Waals surface area contributed by atoms with Gasteiger partial charge in [0.15, 0.2) is 0 Å². The molecule has 1 aromatic carbocycles. The van der Waals surface area contributed by atoms with E-state index in [4.69, 9.17) is 0 Å². The molecular formula is C17H23N5O2. The summed E-state index contributed by atoms with van der Waals surface area (Å²) < 4.78 is 1.67. The molecule has 1 saturated heterocycles. The van der Waals surface area contributed by atoms with Crippen LogP contribution in [0.25, 0.3) is 5.69 Å². The molecule has 7 heteroatoms. The van der Waals surface area contributed by atoms with Crippen LogP contribution in [0.15, 0.2) is 30.3 Å². The van der Waals surface area contributed by atoms with Gasteiger partial charge < -0.3 is 10.0 Å². The van der Waals surface area contributed by atoms with Crippen molar-refractivity contribution in [1.29, 1.82) is 0 Å². The smallest absolute Gasteiger partial charge is 0.256 e. The van der Waals surface area contributed by atoms with Crippen molar-refractivity contribution in [3.8, 4) is 11.6 Å². The number of rotatable bonds is 5. The SMILES string of the molecule is CCCC(=O)N1CCN(Cc2c(O)nnn2-c2ccccc2)CC1. The maximum absolute atomic E-state index is 12.0. The van der Waals surface area contributed by atoms with E-state index >= 15 is 0 Å². The number of amides is 1. The van der Waals surface area contributed by atoms with Gasteiger partial charge in [-0.25, -0.2) is 4.68 Å². The minimum absolute atomic E-state index is 0.0386. The first-order valence-corrected chi connectivity index (χ1v) is 8.38. The lowest BCUT2D eigenvalue weighted by Gasteiger charge is -2.34. The number of carbonyl (C=O) groups is 1. The molecular weight excluding hydrogens is 306 g/mol. The molecule has 0 saturated carbocycles. The van der Waals surface area contributed by atoms with E-state index in [0.717, 1.165) is 38.3 Å². The highest BCUT2D eigenvalue weighted by Crippen LogP contribution is 2.20. The van der Waals surface area contributed by atoms with Gasteiger partial charge in [0.1, 0.15) is 5.69 Å². The minimum Gasteiger partial charge on any atom is -0.491 e. The topological polar surface area (TPSA) is 74.5 Å². The number of nitrogens with zero attached hydrogens (tertiary/aromatic N) is 5. The normalized spacial score (nSPS) is 15.6. The summed E-state index contributed by atoms with van der Waals surface area (Å²) in [6.07, 6.45) is 1.50. The van der Waals surface area contributed by atoms with Crippen LogP contribution in [0.1, 0.15) is 25.5 Å². The quantitative estimate of drug-likeness (QED) is 0.898. The van der Waals surface area contributed by atoms with Crippen LogP contribution in [0.4, 0.5) is 0 Å². The molecule has 1 aromatic heterocycles. The van der Waals surface area contributed by atoms with E-state index in [-0.39, 0.29) is 11.8 Å². The van der Waals surface area contributed by atoms with Crippen LogP contribution in [0.2, 0.25) is 0 Å². The Bertz CT molecular complexity index is 678. The van der Waals surface area contributed by atoms with Gasteiger partial charge >= 0.3 is 0 Å². The molecule has 0 aliphatic carbocycles. The summed E-state index contributed by atoms with van der Waals surface area (Å²) >= 11 is 0. The third kappa shape index (κ3) is 3.56. The van der Waals surface area contributed by atoms with Gasteiger partial charge in [-0.2, -0.15) is 0 Å². The number of para-hydroxylation sites is 1. The zero-order valence-corrected chi connectivity index (χ0v) is 13.9. The minimum atomic E-state index is -0.0386. The van der Waals surface area contributed by atoms with Crippen LogP contribution >= 0.6 is 0 Å². The average molecular weight is 329 g/mol. The summed E-state index contributed by atoms with van der Waals surface area (Å²) in [4.78, 5) is 16.1. The predicted octanol–water partition coefficient (Wildman–Crippen LogP) is 1.42. The molecule has 0 atom stereocenters. The fourth-order valence-corrected chi connectivity index (χ4v) is 2.95. The Morgan fingerprint density at radius 3 is 2.54 bits per heavy atom. The Morgan fingerprint density at radius 1 is 1.17 bits per heavy atom. The van der Waals surface area contributed by atoms with Crippen molar-refractivity contribution in [3.05, 3.63) is 36.0 Å². The molecule has 2 heterocycles. The van der Waals surface area contributed by atoms with Crippen LogP contribution < -0.4 is 0 Å². The summed E-state index contributed by atoms with van der Waals surface area (Å²) in [6, 6.07) is 9.65. The first-order chi connectivity index (χ1) is 11.7. The van der Waals surface area contributed by atoms with Gasteiger partial charge in [-0.05, 0) is 18.6 Å². The second-order valence-corrected chi connectivity index (χ2v) is 6.01. The zero-order chi connectivity index (χ0) is 16.9. The summed E-state index contributed by atoms with van der Waals surface area (Å²) in [7, 11) is 0. The van der Waals surface area contributed by atoms with Crippen molar-refractivity contribution in [2.45, 2.75) is 26.3 Å². The van der Waals surface area contributed by atoms with E-state index in [1.54, 1.807) is 4.68 Å². The van der Waals surface area contributed by atoms with Crippen molar-refractivity contribution in [2.24, 2.45) is 0 Å². The van der Waals surface area contributed by atoms with Crippen molar-refractivity contribution >= 4 is 5.91 Å². The van der Waals surface area contributed by atoms with Gasteiger partial charge in [-0.15, -0.1) is 0 Å². The summed E-state index contributed by atoms with van der Waals surface area (Å²) in [5.74, 6) is 0.194. The van der Waals surface area contributed by atoms with Gasteiger partial charge in [-0.1, -0.05) is 35.4 Å². The fraction of sp³-hybridized carbons (Fsp3) is 0.471. The molecule has 0 radical (unpaired) electrons. The van der Waals surface area contributed by atoms with Crippen LogP contribution in [-0.2, 0) is 11.3 Å². The standard InChI is InChI=1S/C17H23N5O2/c1-2-6-16(23)21-11-9-20(10-12-21)13-15-17(24)18-19-22(15)14-7-4-3-5-8-14/h3-5,7-8,24H,2,6,9-13H2,1H3. The third-order valence-corrected chi connectivity index (χ3v) is 4.31. The molecule has 1 aliphatic heterocycles. The van der Waals surface area contributed by atoms with Gasteiger partial charge in [0, 0.05) is 39.1 Å². The molecule has 0 bridgehead atoms. The van der Waals surface area contributed by atoms with Crippen LogP contribution in [-0.4, -0.2) is 62.0 Å². The summed E-state index contributed by atoms with van der Waals surface area (Å²) in [6.45, 7) is 5.61. The molecule has 1 fully saturated rings. The van der Waals surface area contributed by atoms with Crippen molar-refractivity contribution < 1.29 is 9.90 Å². The van der Waals surface area contributed by atoms with Crippen LogP contribution in [0.3, 0.4) is 0 Å². The first-order valence-electron chi connectivity index (χ1n) is 8.38. The van der Waals surface area contributed by atoms with E-state index in [1.165, 1.54) is 0 Å². The summed E-state index contributed by atoms with van der Waals surface area (Å²) in [5.41, 5.74) is 1.55. The van der Waals surface area contributed by atoms with Gasteiger partial charge in [0.2, 0.25) is 5.91 Å². The van der Waals surface area contributed by atoms with E-state index in [1.807, 2.05) is 42.2 Å². The molecule has 1 N–H and O–H groups in total. The number of aromatic hydroxyl groups is 1. The van der Waals surface area contributed by atoms with Gasteiger partial charge in [-0.3, -0.25) is 9.69 Å². The number of piperazine rings is 1. The molecule has 2 aromatic rings. The molecule has 7 nitrogen and oxygen atoms in total. The van der Waals surface area contributed by atoms with Crippen molar-refractivity contribution in [3.63, 3.8) is 0 Å². The number of hydrogen-bond donors (Lipinski definition) is 1. The third-order valence-electron chi connectivity index (χ3n) is 4.31. The maximum Gasteiger partial charge on any atom is 0.256 e. The van der Waals surface area contributed by atoms with E-state index in [0.29, 0.717) is 18.7 Å². The molecule has 128 valence electrons. The maximum atomic E-state index is 12.0. The fourth-order valence-electron chi connectivity index (χ4n) is 2.95.